The fraction of sp³-hybridized carbons (Fsp3) is 0.625. The number of nitrogens with one attached hydrogen (secondary N) is 1. The van der Waals surface area contributed by atoms with Crippen molar-refractivity contribution < 1.29 is 9.84 Å². The van der Waals surface area contributed by atoms with Crippen LogP contribution >= 0.6 is 15.9 Å². The molecule has 0 aromatic heterocycles. The summed E-state index contributed by atoms with van der Waals surface area (Å²) < 4.78 is 6.73. The second-order valence-electron chi connectivity index (χ2n) is 6.00. The van der Waals surface area contributed by atoms with E-state index in [0.29, 0.717) is 6.61 Å². The van der Waals surface area contributed by atoms with Gasteiger partial charge in [-0.25, -0.2) is 0 Å². The Kier molecular flexibility index (Phi) is 7.56. The molecule has 0 unspecified atom stereocenters. The summed E-state index contributed by atoms with van der Waals surface area (Å²) >= 11 is 3.56. The van der Waals surface area contributed by atoms with E-state index in [4.69, 9.17) is 9.84 Å². The van der Waals surface area contributed by atoms with E-state index in [2.05, 4.69) is 54.2 Å². The molecule has 20 heavy (non-hydrogen) atoms. The summed E-state index contributed by atoms with van der Waals surface area (Å²) in [5, 5.41) is 12.2. The van der Waals surface area contributed by atoms with Gasteiger partial charge < -0.3 is 15.2 Å². The van der Waals surface area contributed by atoms with Crippen molar-refractivity contribution in [2.45, 2.75) is 52.1 Å². The predicted octanol–water partition coefficient (Wildman–Crippen LogP) is 3.88. The number of benzene rings is 1. The van der Waals surface area contributed by atoms with E-state index in [9.17, 15) is 0 Å². The van der Waals surface area contributed by atoms with Crippen LogP contribution in [0.15, 0.2) is 22.7 Å². The number of unbranched alkanes of at least 4 members (excludes halogenated alkanes) is 2. The molecule has 3 nitrogen and oxygen atoms in total. The second-order valence-corrected chi connectivity index (χ2v) is 6.86. The minimum Gasteiger partial charge on any atom is -0.492 e. The van der Waals surface area contributed by atoms with E-state index in [1.807, 2.05) is 6.07 Å². The molecule has 0 saturated heterocycles. The maximum Gasteiger partial charge on any atom is 0.133 e. The second kappa shape index (κ2) is 8.65. The highest BCUT2D eigenvalue weighted by molar-refractivity contribution is 9.10. The van der Waals surface area contributed by atoms with Crippen LogP contribution in [-0.4, -0.2) is 23.9 Å². The third-order valence-corrected chi connectivity index (χ3v) is 3.50. The Hall–Kier alpha value is -0.580. The molecule has 0 heterocycles. The number of aliphatic hydroxyl groups excluding tert-OH is 1. The van der Waals surface area contributed by atoms with Crippen molar-refractivity contribution in [3.63, 3.8) is 0 Å². The predicted molar refractivity (Wildman–Crippen MR) is 87.2 cm³/mol. The van der Waals surface area contributed by atoms with Gasteiger partial charge in [0.05, 0.1) is 11.1 Å². The van der Waals surface area contributed by atoms with Gasteiger partial charge in [0.2, 0.25) is 0 Å². The normalized spacial score (nSPS) is 11.7. The summed E-state index contributed by atoms with van der Waals surface area (Å²) in [5.41, 5.74) is 1.35. The molecule has 0 amide bonds. The van der Waals surface area contributed by atoms with Crippen LogP contribution in [0.1, 0.15) is 45.6 Å². The first kappa shape index (κ1) is 17.5. The number of rotatable bonds is 8. The summed E-state index contributed by atoms with van der Waals surface area (Å²) in [4.78, 5) is 0. The molecule has 0 spiro atoms. The Morgan fingerprint density at radius 1 is 1.20 bits per heavy atom. The highest BCUT2D eigenvalue weighted by Gasteiger charge is 2.09. The lowest BCUT2D eigenvalue weighted by Crippen LogP contribution is -2.35. The molecule has 1 aromatic rings. The molecule has 0 fully saturated rings. The van der Waals surface area contributed by atoms with E-state index < -0.39 is 0 Å². The van der Waals surface area contributed by atoms with Gasteiger partial charge >= 0.3 is 0 Å². The van der Waals surface area contributed by atoms with Gasteiger partial charge in [-0.1, -0.05) is 6.07 Å². The summed E-state index contributed by atoms with van der Waals surface area (Å²) in [6.45, 7) is 8.28. The van der Waals surface area contributed by atoms with Gasteiger partial charge in [0.15, 0.2) is 0 Å². The summed E-state index contributed by atoms with van der Waals surface area (Å²) in [6, 6.07) is 6.20. The van der Waals surface area contributed by atoms with Crippen molar-refractivity contribution in [3.05, 3.63) is 28.2 Å². The van der Waals surface area contributed by atoms with Crippen LogP contribution < -0.4 is 10.1 Å². The minimum atomic E-state index is 0.119. The minimum absolute atomic E-state index is 0.119. The van der Waals surface area contributed by atoms with Crippen molar-refractivity contribution in [2.24, 2.45) is 0 Å². The summed E-state index contributed by atoms with van der Waals surface area (Å²) in [5.74, 6) is 0.883. The molecule has 0 aliphatic heterocycles. The van der Waals surface area contributed by atoms with Crippen LogP contribution in [0.5, 0.6) is 5.75 Å². The average molecular weight is 344 g/mol. The molecule has 0 saturated carbocycles. The van der Waals surface area contributed by atoms with Crippen LogP contribution in [-0.2, 0) is 6.54 Å². The van der Waals surface area contributed by atoms with E-state index in [1.165, 1.54) is 5.56 Å². The Morgan fingerprint density at radius 3 is 2.55 bits per heavy atom. The molecular formula is C16H26BrNO2. The fourth-order valence-electron chi connectivity index (χ4n) is 1.71. The number of halogens is 1. The molecule has 0 aliphatic rings. The lowest BCUT2D eigenvalue weighted by atomic mass is 10.1. The molecule has 2 N–H and O–H groups in total. The summed E-state index contributed by atoms with van der Waals surface area (Å²) in [6.07, 6.45) is 2.82. The lowest BCUT2D eigenvalue weighted by molar-refractivity contribution is 0.265. The number of hydrogen-bond acceptors (Lipinski definition) is 3. The molecule has 0 radical (unpaired) electrons. The van der Waals surface area contributed by atoms with E-state index in [0.717, 1.165) is 36.0 Å². The van der Waals surface area contributed by atoms with Crippen LogP contribution in [0.3, 0.4) is 0 Å². The largest absolute Gasteiger partial charge is 0.492 e. The third kappa shape index (κ3) is 7.27. The van der Waals surface area contributed by atoms with Crippen molar-refractivity contribution in [3.8, 4) is 5.75 Å². The third-order valence-electron chi connectivity index (χ3n) is 2.88. The first-order chi connectivity index (χ1) is 9.42. The standard InChI is InChI=1S/C16H26BrNO2/c1-16(2,3)18-12-13-7-8-15(14(17)11-13)20-10-6-4-5-9-19/h7-8,11,18-19H,4-6,9-10,12H2,1-3H3. The van der Waals surface area contributed by atoms with Gasteiger partial charge in [0, 0.05) is 18.7 Å². The Morgan fingerprint density at radius 2 is 1.95 bits per heavy atom. The zero-order valence-corrected chi connectivity index (χ0v) is 14.3. The smallest absolute Gasteiger partial charge is 0.133 e. The van der Waals surface area contributed by atoms with Crippen molar-refractivity contribution in [1.82, 2.24) is 5.32 Å². The first-order valence-corrected chi connectivity index (χ1v) is 7.99. The zero-order valence-electron chi connectivity index (χ0n) is 12.7. The molecule has 0 aliphatic carbocycles. The zero-order chi connectivity index (χ0) is 15.0. The lowest BCUT2D eigenvalue weighted by Gasteiger charge is -2.20. The molecule has 114 valence electrons. The van der Waals surface area contributed by atoms with Gasteiger partial charge in [0.1, 0.15) is 5.75 Å². The van der Waals surface area contributed by atoms with Crippen LogP contribution in [0, 0.1) is 0 Å². The molecule has 4 heteroatoms. The SMILES string of the molecule is CC(C)(C)NCc1ccc(OCCCCCO)c(Br)c1. The Balaban J connectivity index is 2.43. The number of ether oxygens (including phenoxy) is 1. The van der Waals surface area contributed by atoms with Crippen molar-refractivity contribution in [2.75, 3.05) is 13.2 Å². The number of hydrogen-bond donors (Lipinski definition) is 2. The summed E-state index contributed by atoms with van der Waals surface area (Å²) in [7, 11) is 0. The monoisotopic (exact) mass is 343 g/mol. The first-order valence-electron chi connectivity index (χ1n) is 7.19. The van der Waals surface area contributed by atoms with Gasteiger partial charge in [-0.2, -0.15) is 0 Å². The quantitative estimate of drug-likeness (QED) is 0.704. The highest BCUT2D eigenvalue weighted by Crippen LogP contribution is 2.26. The van der Waals surface area contributed by atoms with Gasteiger partial charge in [-0.15, -0.1) is 0 Å². The van der Waals surface area contributed by atoms with Gasteiger partial charge in [-0.05, 0) is 73.7 Å². The Bertz CT molecular complexity index is 402. The average Bonchev–Trinajstić information content (AvgIpc) is 2.37. The maximum atomic E-state index is 8.71. The molecule has 0 bridgehead atoms. The van der Waals surface area contributed by atoms with E-state index in [1.54, 1.807) is 0 Å². The van der Waals surface area contributed by atoms with Crippen LogP contribution in [0.25, 0.3) is 0 Å². The molecular weight excluding hydrogens is 318 g/mol. The highest BCUT2D eigenvalue weighted by atomic mass is 79.9. The maximum absolute atomic E-state index is 8.71. The molecule has 0 atom stereocenters. The van der Waals surface area contributed by atoms with Crippen LogP contribution in [0.2, 0.25) is 0 Å². The van der Waals surface area contributed by atoms with E-state index >= 15 is 0 Å². The van der Waals surface area contributed by atoms with Crippen molar-refractivity contribution in [1.29, 1.82) is 0 Å². The topological polar surface area (TPSA) is 41.5 Å². The molecule has 1 rings (SSSR count). The number of aliphatic hydroxyl groups is 1. The van der Waals surface area contributed by atoms with E-state index in [-0.39, 0.29) is 12.1 Å². The fourth-order valence-corrected chi connectivity index (χ4v) is 2.25. The van der Waals surface area contributed by atoms with Gasteiger partial charge in [0.25, 0.3) is 0 Å². The molecule has 1 aromatic carbocycles. The van der Waals surface area contributed by atoms with Crippen LogP contribution in [0.4, 0.5) is 0 Å². The van der Waals surface area contributed by atoms with Crippen molar-refractivity contribution >= 4 is 15.9 Å². The Labute approximate surface area is 130 Å². The van der Waals surface area contributed by atoms with Gasteiger partial charge in [-0.3, -0.25) is 0 Å².